The number of sulfonamides is 1. The second kappa shape index (κ2) is 8.85. The van der Waals surface area contributed by atoms with Crippen molar-refractivity contribution in [1.29, 1.82) is 0 Å². The van der Waals surface area contributed by atoms with Crippen LogP contribution >= 0.6 is 34.5 Å². The molecule has 1 aromatic carbocycles. The van der Waals surface area contributed by atoms with Crippen LogP contribution in [-0.2, 0) is 14.8 Å². The summed E-state index contributed by atoms with van der Waals surface area (Å²) in [5.74, 6) is -0.403. The number of carbonyl (C=O) groups is 1. The highest BCUT2D eigenvalue weighted by atomic mass is 35.5. The number of hydrogen-bond acceptors (Lipinski definition) is 6. The predicted octanol–water partition coefficient (Wildman–Crippen LogP) is 4.82. The zero-order valence-electron chi connectivity index (χ0n) is 13.7. The summed E-state index contributed by atoms with van der Waals surface area (Å²) < 4.78 is 32.8. The lowest BCUT2D eigenvalue weighted by molar-refractivity contribution is -0.134. The van der Waals surface area contributed by atoms with Crippen molar-refractivity contribution in [3.05, 3.63) is 52.7 Å². The second-order valence-electron chi connectivity index (χ2n) is 5.18. The first-order valence-electron chi connectivity index (χ1n) is 7.52. The van der Waals surface area contributed by atoms with Gasteiger partial charge in [0.15, 0.2) is 5.13 Å². The van der Waals surface area contributed by atoms with Crippen molar-refractivity contribution < 1.29 is 17.9 Å². The van der Waals surface area contributed by atoms with Gasteiger partial charge in [-0.2, -0.15) is 0 Å². The molecule has 140 valence electrons. The van der Waals surface area contributed by atoms with Crippen LogP contribution in [0.25, 0.3) is 0 Å². The molecule has 1 aromatic heterocycles. The number of hydrogen-bond donors (Lipinski definition) is 1. The van der Waals surface area contributed by atoms with Gasteiger partial charge >= 0.3 is 5.97 Å². The van der Waals surface area contributed by atoms with Gasteiger partial charge in [0.25, 0.3) is 0 Å². The van der Waals surface area contributed by atoms with Crippen LogP contribution in [0, 0.1) is 0 Å². The molecular formula is C16H16Cl2N2O4S2. The molecule has 6 nitrogen and oxygen atoms in total. The Morgan fingerprint density at radius 1 is 1.46 bits per heavy atom. The molecule has 0 amide bonds. The molecule has 0 fully saturated rings. The largest absolute Gasteiger partial charge is 0.414 e. The number of esters is 1. The maximum Gasteiger partial charge on any atom is 0.312 e. The monoisotopic (exact) mass is 434 g/mol. The van der Waals surface area contributed by atoms with Gasteiger partial charge in [0.2, 0.25) is 15.1 Å². The van der Waals surface area contributed by atoms with Gasteiger partial charge < -0.3 is 4.74 Å². The first-order chi connectivity index (χ1) is 12.3. The minimum Gasteiger partial charge on any atom is -0.414 e. The average Bonchev–Trinajstić information content (AvgIpc) is 2.97. The van der Waals surface area contributed by atoms with Crippen LogP contribution in [-0.4, -0.2) is 19.4 Å². The fraction of sp³-hybridized carbons (Fsp3) is 0.250. The van der Waals surface area contributed by atoms with Gasteiger partial charge in [-0.3, -0.25) is 9.52 Å². The number of rotatable bonds is 8. The zero-order valence-corrected chi connectivity index (χ0v) is 16.9. The highest BCUT2D eigenvalue weighted by Crippen LogP contribution is 2.34. The molecule has 1 heterocycles. The average molecular weight is 435 g/mol. The molecular weight excluding hydrogens is 419 g/mol. The van der Waals surface area contributed by atoms with Crippen molar-refractivity contribution in [3.8, 4) is 5.06 Å². The van der Waals surface area contributed by atoms with Crippen LogP contribution < -0.4 is 9.46 Å². The van der Waals surface area contributed by atoms with Crippen LogP contribution in [0.4, 0.5) is 5.13 Å². The standard InChI is InChI=1S/C16H16Cl2N2O4S2/c1-3-5-14(21)24-15-9-19-16(25-15)20-26(22,23)13(4-2)11-8-10(17)6-7-12(11)18/h4,6-9,13H,2-3,5H2,1H3,(H,19,20). The van der Waals surface area contributed by atoms with E-state index in [9.17, 15) is 13.2 Å². The number of ether oxygens (including phenoxy) is 1. The predicted molar refractivity (Wildman–Crippen MR) is 105 cm³/mol. The fourth-order valence-electron chi connectivity index (χ4n) is 2.06. The SMILES string of the molecule is C=CC(c1cc(Cl)ccc1Cl)S(=O)(=O)Nc1ncc(OC(=O)CCC)s1. The maximum atomic E-state index is 12.7. The number of benzene rings is 1. The maximum absolute atomic E-state index is 12.7. The molecule has 1 N–H and O–H groups in total. The number of halogens is 2. The Morgan fingerprint density at radius 2 is 2.19 bits per heavy atom. The summed E-state index contributed by atoms with van der Waals surface area (Å²) in [5, 5.41) is -0.265. The normalized spacial score (nSPS) is 12.4. The van der Waals surface area contributed by atoms with Gasteiger partial charge in [-0.15, -0.1) is 6.58 Å². The van der Waals surface area contributed by atoms with E-state index in [4.69, 9.17) is 27.9 Å². The van der Waals surface area contributed by atoms with E-state index < -0.39 is 21.2 Å². The Hall–Kier alpha value is -1.61. The van der Waals surface area contributed by atoms with Crippen molar-refractivity contribution in [3.63, 3.8) is 0 Å². The molecule has 0 aliphatic rings. The smallest absolute Gasteiger partial charge is 0.312 e. The first kappa shape index (κ1) is 20.7. The highest BCUT2D eigenvalue weighted by Gasteiger charge is 2.28. The summed E-state index contributed by atoms with van der Waals surface area (Å²) in [7, 11) is -3.95. The van der Waals surface area contributed by atoms with Gasteiger partial charge in [0, 0.05) is 16.5 Å². The Labute approximate surface area is 165 Å². The summed E-state index contributed by atoms with van der Waals surface area (Å²) >= 11 is 12.9. The molecule has 2 aromatic rings. The third kappa shape index (κ3) is 5.20. The topological polar surface area (TPSA) is 85.4 Å². The third-order valence-electron chi connectivity index (χ3n) is 3.20. The molecule has 0 saturated carbocycles. The van der Waals surface area contributed by atoms with Crippen molar-refractivity contribution in [2.75, 3.05) is 4.72 Å². The Balaban J connectivity index is 2.21. The minimum atomic E-state index is -3.95. The van der Waals surface area contributed by atoms with E-state index in [1.807, 2.05) is 6.92 Å². The van der Waals surface area contributed by atoms with Crippen molar-refractivity contribution >= 4 is 55.7 Å². The van der Waals surface area contributed by atoms with Crippen LogP contribution in [0.15, 0.2) is 37.1 Å². The number of carbonyl (C=O) groups excluding carboxylic acids is 1. The summed E-state index contributed by atoms with van der Waals surface area (Å²) in [5.41, 5.74) is 0.299. The molecule has 0 saturated heterocycles. The molecule has 2 rings (SSSR count). The Morgan fingerprint density at radius 3 is 2.85 bits per heavy atom. The van der Waals surface area contributed by atoms with Gasteiger partial charge in [-0.1, -0.05) is 47.5 Å². The number of thiazole rings is 1. The number of nitrogens with zero attached hydrogens (tertiary/aromatic N) is 1. The van der Waals surface area contributed by atoms with Gasteiger partial charge in [0.05, 0.1) is 6.20 Å². The van der Waals surface area contributed by atoms with E-state index in [0.717, 1.165) is 11.3 Å². The number of anilines is 1. The summed E-state index contributed by atoms with van der Waals surface area (Å²) in [6.45, 7) is 5.42. The minimum absolute atomic E-state index is 0.0642. The van der Waals surface area contributed by atoms with E-state index in [0.29, 0.717) is 17.0 Å². The molecule has 0 aliphatic heterocycles. The summed E-state index contributed by atoms with van der Waals surface area (Å²) in [6, 6.07) is 4.54. The summed E-state index contributed by atoms with van der Waals surface area (Å²) in [6.07, 6.45) is 3.45. The fourth-order valence-corrected chi connectivity index (χ4v) is 4.80. The van der Waals surface area contributed by atoms with Gasteiger partial charge in [-0.05, 0) is 30.2 Å². The molecule has 0 bridgehead atoms. The molecule has 26 heavy (non-hydrogen) atoms. The van der Waals surface area contributed by atoms with E-state index in [2.05, 4.69) is 16.3 Å². The quantitative estimate of drug-likeness (QED) is 0.475. The number of aromatic nitrogens is 1. The van der Waals surface area contributed by atoms with Gasteiger partial charge in [-0.25, -0.2) is 13.4 Å². The van der Waals surface area contributed by atoms with Crippen LogP contribution in [0.2, 0.25) is 10.0 Å². The van der Waals surface area contributed by atoms with Crippen LogP contribution in [0.1, 0.15) is 30.6 Å². The lowest BCUT2D eigenvalue weighted by Crippen LogP contribution is -2.20. The molecule has 1 atom stereocenters. The van der Waals surface area contributed by atoms with E-state index >= 15 is 0 Å². The summed E-state index contributed by atoms with van der Waals surface area (Å²) in [4.78, 5) is 15.4. The van der Waals surface area contributed by atoms with Crippen molar-refractivity contribution in [2.45, 2.75) is 25.0 Å². The zero-order chi connectivity index (χ0) is 19.3. The Kier molecular flexibility index (Phi) is 7.05. The molecule has 0 aliphatic carbocycles. The molecule has 1 unspecified atom stereocenters. The van der Waals surface area contributed by atoms with Crippen molar-refractivity contribution in [1.82, 2.24) is 4.98 Å². The van der Waals surface area contributed by atoms with Gasteiger partial charge in [0.1, 0.15) is 5.25 Å². The lowest BCUT2D eigenvalue weighted by Gasteiger charge is -2.16. The molecule has 0 spiro atoms. The third-order valence-corrected chi connectivity index (χ3v) is 6.29. The van der Waals surface area contributed by atoms with Crippen LogP contribution in [0.3, 0.4) is 0 Å². The van der Waals surface area contributed by atoms with Crippen molar-refractivity contribution in [2.24, 2.45) is 0 Å². The molecule has 10 heteroatoms. The van der Waals surface area contributed by atoms with E-state index in [1.54, 1.807) is 6.07 Å². The highest BCUT2D eigenvalue weighted by molar-refractivity contribution is 7.93. The van der Waals surface area contributed by atoms with E-state index in [-0.39, 0.29) is 21.6 Å². The lowest BCUT2D eigenvalue weighted by atomic mass is 10.1. The number of nitrogens with one attached hydrogen (secondary N) is 1. The Bertz CT molecular complexity index is 913. The molecule has 0 radical (unpaired) electrons. The first-order valence-corrected chi connectivity index (χ1v) is 10.6. The van der Waals surface area contributed by atoms with E-state index in [1.165, 1.54) is 24.4 Å². The van der Waals surface area contributed by atoms with Crippen LogP contribution in [0.5, 0.6) is 5.06 Å². The second-order valence-corrected chi connectivity index (χ2v) is 8.82.